The van der Waals surface area contributed by atoms with E-state index in [1.165, 1.54) is 7.11 Å². The molecule has 5 heterocycles. The maximum atomic E-state index is 14.3. The molecule has 342 valence electrons. The number of amides is 5. The number of nitrogens with zero attached hydrogens (tertiary/aromatic N) is 5. The summed E-state index contributed by atoms with van der Waals surface area (Å²) in [7, 11) is 2.93. The molecule has 2 aromatic heterocycles. The number of carbonyl (C=O) groups excluding carboxylic acids is 4. The molecule has 0 spiro atoms. The summed E-state index contributed by atoms with van der Waals surface area (Å²) in [5, 5.41) is 5.74. The zero-order valence-electron chi connectivity index (χ0n) is 37.5. The first-order valence-electron chi connectivity index (χ1n) is 22.7. The van der Waals surface area contributed by atoms with Gasteiger partial charge in [-0.05, 0) is 78.6 Å². The lowest BCUT2D eigenvalue weighted by Gasteiger charge is -2.30. The average molecular weight is 900 g/mol. The predicted octanol–water partition coefficient (Wildman–Crippen LogP) is 7.46. The van der Waals surface area contributed by atoms with Gasteiger partial charge in [0.2, 0.25) is 5.91 Å². The SMILES string of the molecule is COC(=O)NC(C(=O)N1CCCC1c1ncc(-c2ccc(C#Cc3ccc(-c4cnc(C5CCCN5C(=O)C(NC(=O)N5CCC(OC)C5)c5ccccc5)[nH]4)cc3)cc2)[nH]1)c1ccccc1. The highest BCUT2D eigenvalue weighted by Crippen LogP contribution is 2.36. The topological polar surface area (TPSA) is 178 Å². The van der Waals surface area contributed by atoms with Crippen LogP contribution in [0.15, 0.2) is 122 Å². The van der Waals surface area contributed by atoms with Gasteiger partial charge in [0, 0.05) is 44.4 Å². The Morgan fingerprint density at radius 1 is 0.627 bits per heavy atom. The van der Waals surface area contributed by atoms with Crippen LogP contribution in [0, 0.1) is 11.8 Å². The Morgan fingerprint density at radius 3 is 1.55 bits per heavy atom. The molecule has 5 atom stereocenters. The van der Waals surface area contributed by atoms with E-state index in [-0.39, 0.29) is 36.0 Å². The smallest absolute Gasteiger partial charge is 0.407 e. The minimum Gasteiger partial charge on any atom is -0.453 e. The molecule has 5 amide bonds. The third-order valence-electron chi connectivity index (χ3n) is 12.9. The number of alkyl carbamates (subject to hydrolysis) is 1. The normalized spacial score (nSPS) is 18.8. The van der Waals surface area contributed by atoms with E-state index in [1.54, 1.807) is 29.3 Å². The predicted molar refractivity (Wildman–Crippen MR) is 251 cm³/mol. The van der Waals surface area contributed by atoms with Crippen molar-refractivity contribution in [2.75, 3.05) is 40.4 Å². The number of urea groups is 1. The minimum absolute atomic E-state index is 0.00904. The number of aromatic nitrogens is 4. The standard InChI is InChI=1S/C52H53N9O6/c1-66-40-27-30-59(33-40)51(64)57-45(38-11-5-3-6-12-38)49(62)60-28-9-15-43(60)47-53-31-41(55-47)36-23-19-34(20-24-36)17-18-35-21-25-37(26-22-35)42-32-54-48(56-42)44-16-10-29-61(44)50(63)46(58-52(65)67-2)39-13-7-4-8-14-39/h3-8,11-14,19-26,31-32,40,43-46H,9-10,15-16,27-30,33H2,1-2H3,(H,53,55)(H,54,56)(H,57,64)(H,58,65). The highest BCUT2D eigenvalue weighted by molar-refractivity contribution is 5.89. The zero-order valence-corrected chi connectivity index (χ0v) is 37.5. The highest BCUT2D eigenvalue weighted by Gasteiger charge is 2.39. The molecule has 0 bridgehead atoms. The molecule has 15 nitrogen and oxygen atoms in total. The Balaban J connectivity index is 0.828. The molecule has 4 N–H and O–H groups in total. The van der Waals surface area contributed by atoms with Gasteiger partial charge in [-0.1, -0.05) is 96.8 Å². The van der Waals surface area contributed by atoms with Crippen LogP contribution >= 0.6 is 0 Å². The number of likely N-dealkylation sites (tertiary alicyclic amines) is 3. The molecular formula is C52H53N9O6. The number of ether oxygens (including phenoxy) is 2. The Labute approximate surface area is 389 Å². The molecule has 3 saturated heterocycles. The summed E-state index contributed by atoms with van der Waals surface area (Å²) in [6.07, 6.45) is 6.79. The fourth-order valence-electron chi connectivity index (χ4n) is 9.24. The Morgan fingerprint density at radius 2 is 1.10 bits per heavy atom. The van der Waals surface area contributed by atoms with Crippen molar-refractivity contribution < 1.29 is 28.7 Å². The van der Waals surface area contributed by atoms with Gasteiger partial charge in [0.25, 0.3) is 5.91 Å². The summed E-state index contributed by atoms with van der Waals surface area (Å²) in [4.78, 5) is 75.5. The number of benzene rings is 4. The molecule has 15 heteroatoms. The van der Waals surface area contributed by atoms with Crippen molar-refractivity contribution in [3.63, 3.8) is 0 Å². The Hall–Kier alpha value is -7.70. The fourth-order valence-corrected chi connectivity index (χ4v) is 9.24. The third-order valence-corrected chi connectivity index (χ3v) is 12.9. The van der Waals surface area contributed by atoms with Crippen molar-refractivity contribution >= 4 is 23.9 Å². The molecule has 0 radical (unpaired) electrons. The van der Waals surface area contributed by atoms with E-state index in [2.05, 4.69) is 37.4 Å². The highest BCUT2D eigenvalue weighted by atomic mass is 16.5. The van der Waals surface area contributed by atoms with Crippen LogP contribution in [0.25, 0.3) is 22.5 Å². The van der Waals surface area contributed by atoms with Crippen molar-refractivity contribution in [2.45, 2.75) is 62.4 Å². The van der Waals surface area contributed by atoms with Gasteiger partial charge in [-0.2, -0.15) is 0 Å². The third kappa shape index (κ3) is 9.95. The van der Waals surface area contributed by atoms with Gasteiger partial charge < -0.3 is 44.8 Å². The molecular weight excluding hydrogens is 847 g/mol. The van der Waals surface area contributed by atoms with Crippen LogP contribution < -0.4 is 10.6 Å². The first kappa shape index (κ1) is 44.5. The van der Waals surface area contributed by atoms with Gasteiger partial charge in [0.1, 0.15) is 23.7 Å². The van der Waals surface area contributed by atoms with E-state index in [9.17, 15) is 19.2 Å². The molecule has 3 aliphatic rings. The largest absolute Gasteiger partial charge is 0.453 e. The Bertz CT molecular complexity index is 2750. The van der Waals surface area contributed by atoms with Gasteiger partial charge in [0.15, 0.2) is 0 Å². The number of hydrogen-bond donors (Lipinski definition) is 4. The van der Waals surface area contributed by atoms with E-state index in [1.807, 2.05) is 114 Å². The number of H-pyrrole nitrogens is 2. The number of hydrogen-bond acceptors (Lipinski definition) is 8. The quantitative estimate of drug-likeness (QED) is 0.0969. The van der Waals surface area contributed by atoms with Crippen LogP contribution in [0.3, 0.4) is 0 Å². The molecule has 3 aliphatic heterocycles. The second-order valence-corrected chi connectivity index (χ2v) is 17.0. The lowest BCUT2D eigenvalue weighted by Crippen LogP contribution is -2.47. The summed E-state index contributed by atoms with van der Waals surface area (Å²) < 4.78 is 10.3. The van der Waals surface area contributed by atoms with E-state index in [0.717, 1.165) is 71.3 Å². The lowest BCUT2D eigenvalue weighted by molar-refractivity contribution is -0.135. The van der Waals surface area contributed by atoms with Gasteiger partial charge in [-0.25, -0.2) is 19.6 Å². The van der Waals surface area contributed by atoms with E-state index < -0.39 is 18.2 Å². The minimum atomic E-state index is -0.887. The molecule has 0 saturated carbocycles. The van der Waals surface area contributed by atoms with E-state index in [4.69, 9.17) is 14.5 Å². The molecule has 6 aromatic rings. The molecule has 5 unspecified atom stereocenters. The van der Waals surface area contributed by atoms with Crippen molar-refractivity contribution in [3.8, 4) is 34.4 Å². The molecule has 4 aromatic carbocycles. The maximum absolute atomic E-state index is 14.3. The van der Waals surface area contributed by atoms with Crippen molar-refractivity contribution in [1.82, 2.24) is 45.3 Å². The number of nitrogens with one attached hydrogen (secondary N) is 4. The van der Waals surface area contributed by atoms with Gasteiger partial charge in [-0.15, -0.1) is 0 Å². The summed E-state index contributed by atoms with van der Waals surface area (Å²) in [5.41, 5.74) is 6.64. The van der Waals surface area contributed by atoms with Crippen LogP contribution in [-0.2, 0) is 19.1 Å². The maximum Gasteiger partial charge on any atom is 0.407 e. The molecule has 0 aliphatic carbocycles. The number of methoxy groups -OCH3 is 2. The van der Waals surface area contributed by atoms with Crippen LogP contribution in [0.4, 0.5) is 9.59 Å². The summed E-state index contributed by atoms with van der Waals surface area (Å²) >= 11 is 0. The zero-order chi connectivity index (χ0) is 46.3. The van der Waals surface area contributed by atoms with E-state index in [0.29, 0.717) is 43.4 Å². The van der Waals surface area contributed by atoms with Gasteiger partial charge >= 0.3 is 12.1 Å². The van der Waals surface area contributed by atoms with Crippen molar-refractivity contribution in [1.29, 1.82) is 0 Å². The van der Waals surface area contributed by atoms with Crippen molar-refractivity contribution in [3.05, 3.63) is 155 Å². The number of imidazole rings is 2. The monoisotopic (exact) mass is 899 g/mol. The fraction of sp³-hybridized carbons (Fsp3) is 0.308. The van der Waals surface area contributed by atoms with Gasteiger partial charge in [0.05, 0.1) is 49.1 Å². The van der Waals surface area contributed by atoms with Crippen LogP contribution in [0.2, 0.25) is 0 Å². The van der Waals surface area contributed by atoms with E-state index >= 15 is 0 Å². The first-order valence-corrected chi connectivity index (χ1v) is 22.7. The second kappa shape index (κ2) is 20.2. The summed E-state index contributed by atoms with van der Waals surface area (Å²) in [6.45, 7) is 2.17. The van der Waals surface area contributed by atoms with Crippen molar-refractivity contribution in [2.24, 2.45) is 0 Å². The molecule has 3 fully saturated rings. The first-order chi connectivity index (χ1) is 32.8. The number of carbonyl (C=O) groups is 4. The summed E-state index contributed by atoms with van der Waals surface area (Å²) in [5.74, 6) is 7.55. The van der Waals surface area contributed by atoms with Gasteiger partial charge in [-0.3, -0.25) is 9.59 Å². The molecule has 67 heavy (non-hydrogen) atoms. The number of aromatic amines is 2. The lowest BCUT2D eigenvalue weighted by atomic mass is 10.0. The Kier molecular flexibility index (Phi) is 13.4. The van der Waals surface area contributed by atoms with Crippen LogP contribution in [-0.4, -0.2) is 105 Å². The average Bonchev–Trinajstić information content (AvgIpc) is 4.24. The number of rotatable bonds is 11. The van der Waals surface area contributed by atoms with Crippen LogP contribution in [0.1, 0.15) is 90.2 Å². The molecule has 9 rings (SSSR count). The second-order valence-electron chi connectivity index (χ2n) is 17.0. The van der Waals surface area contributed by atoms with Crippen LogP contribution in [0.5, 0.6) is 0 Å². The summed E-state index contributed by atoms with van der Waals surface area (Å²) in [6, 6.07) is 31.9.